The number of carboxylic acids is 1. The van der Waals surface area contributed by atoms with Gasteiger partial charge in [-0.2, -0.15) is 0 Å². The van der Waals surface area contributed by atoms with Crippen LogP contribution in [0.2, 0.25) is 0 Å². The van der Waals surface area contributed by atoms with E-state index in [2.05, 4.69) is 15.6 Å². The average molecular weight is 293 g/mol. The average Bonchev–Trinajstić information content (AvgIpc) is 2.36. The maximum atomic E-state index is 11.8. The van der Waals surface area contributed by atoms with E-state index in [-0.39, 0.29) is 35.7 Å². The molecule has 0 spiro atoms. The van der Waals surface area contributed by atoms with E-state index >= 15 is 0 Å². The fourth-order valence-electron chi connectivity index (χ4n) is 1.53. The quantitative estimate of drug-likeness (QED) is 0.744. The molecule has 0 aliphatic heterocycles. The summed E-state index contributed by atoms with van der Waals surface area (Å²) in [6.07, 6.45) is 1.36. The number of aromatic nitrogens is 1. The van der Waals surface area contributed by atoms with Gasteiger partial charge in [0.1, 0.15) is 5.69 Å². The zero-order chi connectivity index (χ0) is 16.0. The minimum absolute atomic E-state index is 0.129. The molecule has 0 saturated carbocycles. The van der Waals surface area contributed by atoms with Crippen molar-refractivity contribution >= 4 is 17.8 Å². The summed E-state index contributed by atoms with van der Waals surface area (Å²) in [5.74, 6) is -1.70. The predicted octanol–water partition coefficient (Wildman–Crippen LogP) is 0.814. The first-order valence-electron chi connectivity index (χ1n) is 6.47. The number of carbonyl (C=O) groups is 3. The molecular formula is C14H19N3O4. The highest BCUT2D eigenvalue weighted by Crippen LogP contribution is 2.01. The molecule has 0 unspecified atom stereocenters. The third-order valence-electron chi connectivity index (χ3n) is 2.40. The van der Waals surface area contributed by atoms with Crippen LogP contribution in [0.15, 0.2) is 18.3 Å². The molecule has 0 radical (unpaired) electrons. The number of carboxylic acid groups (broad SMARTS) is 1. The van der Waals surface area contributed by atoms with Gasteiger partial charge >= 0.3 is 5.97 Å². The van der Waals surface area contributed by atoms with Gasteiger partial charge in [-0.1, -0.05) is 0 Å². The molecular weight excluding hydrogens is 274 g/mol. The van der Waals surface area contributed by atoms with Gasteiger partial charge in [-0.05, 0) is 32.9 Å². The highest BCUT2D eigenvalue weighted by Gasteiger charge is 2.14. The number of nitrogens with zero attached hydrogens (tertiary/aromatic N) is 1. The second-order valence-electron chi connectivity index (χ2n) is 5.54. The fraction of sp³-hybridized carbons (Fsp3) is 0.429. The standard InChI is InChI=1S/C14H19N3O4/c1-14(2,3)17-11(18)6-7-15-12(19)9-4-5-10(13(20)21)16-8-9/h4-5,8H,6-7H2,1-3H3,(H,15,19)(H,17,18)(H,20,21). The summed E-state index contributed by atoms with van der Waals surface area (Å²) in [5.41, 5.74) is -0.190. The molecule has 0 fully saturated rings. The van der Waals surface area contributed by atoms with Crippen LogP contribution in [0.1, 0.15) is 48.0 Å². The lowest BCUT2D eigenvalue weighted by atomic mass is 10.1. The molecule has 1 aromatic rings. The topological polar surface area (TPSA) is 108 Å². The highest BCUT2D eigenvalue weighted by atomic mass is 16.4. The Balaban J connectivity index is 2.44. The zero-order valence-corrected chi connectivity index (χ0v) is 12.3. The second-order valence-corrected chi connectivity index (χ2v) is 5.54. The van der Waals surface area contributed by atoms with Crippen LogP contribution in [0.5, 0.6) is 0 Å². The molecule has 0 atom stereocenters. The number of hydrogen-bond donors (Lipinski definition) is 3. The van der Waals surface area contributed by atoms with E-state index in [0.29, 0.717) is 0 Å². The van der Waals surface area contributed by atoms with Crippen LogP contribution in [-0.2, 0) is 4.79 Å². The first kappa shape index (κ1) is 16.6. The van der Waals surface area contributed by atoms with Crippen LogP contribution in [0.3, 0.4) is 0 Å². The Morgan fingerprint density at radius 2 is 1.90 bits per heavy atom. The monoisotopic (exact) mass is 293 g/mol. The summed E-state index contributed by atoms with van der Waals surface area (Å²) in [4.78, 5) is 37.6. The lowest BCUT2D eigenvalue weighted by Gasteiger charge is -2.20. The Morgan fingerprint density at radius 3 is 2.38 bits per heavy atom. The van der Waals surface area contributed by atoms with Gasteiger partial charge in [-0.15, -0.1) is 0 Å². The van der Waals surface area contributed by atoms with Crippen LogP contribution in [0.4, 0.5) is 0 Å². The van der Waals surface area contributed by atoms with Gasteiger partial charge in [0, 0.05) is 24.7 Å². The van der Waals surface area contributed by atoms with Crippen molar-refractivity contribution in [2.24, 2.45) is 0 Å². The lowest BCUT2D eigenvalue weighted by Crippen LogP contribution is -2.42. The molecule has 1 heterocycles. The number of hydrogen-bond acceptors (Lipinski definition) is 4. The first-order valence-corrected chi connectivity index (χ1v) is 6.47. The van der Waals surface area contributed by atoms with Crippen LogP contribution >= 0.6 is 0 Å². The zero-order valence-electron chi connectivity index (χ0n) is 12.3. The lowest BCUT2D eigenvalue weighted by molar-refractivity contribution is -0.122. The van der Waals surface area contributed by atoms with E-state index in [1.54, 1.807) is 0 Å². The maximum Gasteiger partial charge on any atom is 0.354 e. The third-order valence-corrected chi connectivity index (χ3v) is 2.40. The Hall–Kier alpha value is -2.44. The minimum Gasteiger partial charge on any atom is -0.477 e. The van der Waals surface area contributed by atoms with E-state index in [9.17, 15) is 14.4 Å². The third kappa shape index (κ3) is 6.03. The molecule has 0 aromatic carbocycles. The summed E-state index contributed by atoms with van der Waals surface area (Å²) in [5, 5.41) is 14.1. The largest absolute Gasteiger partial charge is 0.477 e. The van der Waals surface area contributed by atoms with Crippen LogP contribution < -0.4 is 10.6 Å². The minimum atomic E-state index is -1.15. The number of amides is 2. The molecule has 0 aliphatic rings. The molecule has 0 bridgehead atoms. The van der Waals surface area contributed by atoms with Gasteiger partial charge in [0.2, 0.25) is 5.91 Å². The van der Waals surface area contributed by atoms with Gasteiger partial charge in [0.05, 0.1) is 5.56 Å². The molecule has 7 heteroatoms. The molecule has 0 aliphatic carbocycles. The number of pyridine rings is 1. The van der Waals surface area contributed by atoms with Crippen molar-refractivity contribution in [3.63, 3.8) is 0 Å². The summed E-state index contributed by atoms with van der Waals surface area (Å²) >= 11 is 0. The summed E-state index contributed by atoms with van der Waals surface area (Å²) in [6.45, 7) is 5.82. The SMILES string of the molecule is CC(C)(C)NC(=O)CCNC(=O)c1ccc(C(=O)O)nc1. The molecule has 0 saturated heterocycles. The summed E-state index contributed by atoms with van der Waals surface area (Å²) < 4.78 is 0. The van der Waals surface area contributed by atoms with Crippen molar-refractivity contribution in [3.8, 4) is 0 Å². The molecule has 7 nitrogen and oxygen atoms in total. The molecule has 114 valence electrons. The van der Waals surface area contributed by atoms with E-state index in [1.807, 2.05) is 20.8 Å². The predicted molar refractivity (Wildman–Crippen MR) is 76.0 cm³/mol. The van der Waals surface area contributed by atoms with E-state index in [4.69, 9.17) is 5.11 Å². The Labute approximate surface area is 122 Å². The van der Waals surface area contributed by atoms with Crippen LogP contribution in [0, 0.1) is 0 Å². The van der Waals surface area contributed by atoms with Crippen molar-refractivity contribution in [1.29, 1.82) is 0 Å². The molecule has 1 aromatic heterocycles. The van der Waals surface area contributed by atoms with Gasteiger partial charge in [0.15, 0.2) is 0 Å². The normalized spacial score (nSPS) is 10.8. The van der Waals surface area contributed by atoms with Gasteiger partial charge in [-0.25, -0.2) is 9.78 Å². The van der Waals surface area contributed by atoms with Crippen molar-refractivity contribution in [2.75, 3.05) is 6.54 Å². The number of aromatic carboxylic acids is 1. The Morgan fingerprint density at radius 1 is 1.24 bits per heavy atom. The van der Waals surface area contributed by atoms with Crippen LogP contribution in [0.25, 0.3) is 0 Å². The first-order chi connectivity index (χ1) is 9.69. The fourth-order valence-corrected chi connectivity index (χ4v) is 1.53. The number of carbonyl (C=O) groups excluding carboxylic acids is 2. The second kappa shape index (κ2) is 6.83. The van der Waals surface area contributed by atoms with Crippen molar-refractivity contribution in [1.82, 2.24) is 15.6 Å². The smallest absolute Gasteiger partial charge is 0.354 e. The van der Waals surface area contributed by atoms with Gasteiger partial charge in [-0.3, -0.25) is 9.59 Å². The van der Waals surface area contributed by atoms with Crippen molar-refractivity contribution in [3.05, 3.63) is 29.6 Å². The Kier molecular flexibility index (Phi) is 5.40. The van der Waals surface area contributed by atoms with E-state index in [0.717, 1.165) is 0 Å². The molecule has 3 N–H and O–H groups in total. The van der Waals surface area contributed by atoms with E-state index < -0.39 is 11.9 Å². The van der Waals surface area contributed by atoms with Gasteiger partial charge < -0.3 is 15.7 Å². The summed E-state index contributed by atoms with van der Waals surface area (Å²) in [7, 11) is 0. The Bertz CT molecular complexity index is 532. The number of nitrogens with one attached hydrogen (secondary N) is 2. The highest BCUT2D eigenvalue weighted by molar-refractivity contribution is 5.95. The van der Waals surface area contributed by atoms with Crippen molar-refractivity contribution < 1.29 is 19.5 Å². The van der Waals surface area contributed by atoms with Crippen LogP contribution in [-0.4, -0.2) is 40.0 Å². The maximum absolute atomic E-state index is 11.8. The van der Waals surface area contributed by atoms with Gasteiger partial charge in [0.25, 0.3) is 5.91 Å². The summed E-state index contributed by atoms with van der Waals surface area (Å²) in [6, 6.07) is 2.63. The molecule has 1 rings (SSSR count). The van der Waals surface area contributed by atoms with Crippen molar-refractivity contribution in [2.45, 2.75) is 32.7 Å². The van der Waals surface area contributed by atoms with E-state index in [1.165, 1.54) is 18.3 Å². The molecule has 21 heavy (non-hydrogen) atoms. The molecule has 2 amide bonds. The number of rotatable bonds is 5.